The Morgan fingerprint density at radius 3 is 2.56 bits per heavy atom. The van der Waals surface area contributed by atoms with Gasteiger partial charge in [0.25, 0.3) is 0 Å². The highest BCUT2D eigenvalue weighted by Gasteiger charge is 2.09. The summed E-state index contributed by atoms with van der Waals surface area (Å²) in [4.78, 5) is 12.2. The maximum atomic E-state index is 13.8. The average Bonchev–Trinajstić information content (AvgIpc) is 2.61. The molecule has 3 heteroatoms. The fraction of sp³-hybridized carbons (Fsp3) is 0.136. The maximum absolute atomic E-state index is 13.8. The normalized spacial score (nSPS) is 12.4. The third-order valence-corrected chi connectivity index (χ3v) is 4.30. The lowest BCUT2D eigenvalue weighted by molar-refractivity contribution is -0.117. The zero-order valence-corrected chi connectivity index (χ0v) is 14.3. The molecule has 3 aromatic rings. The minimum Gasteiger partial charge on any atom is -0.346 e. The first-order valence-electron chi connectivity index (χ1n) is 8.27. The Balaban J connectivity index is 1.72. The summed E-state index contributed by atoms with van der Waals surface area (Å²) in [5.41, 5.74) is 2.27. The van der Waals surface area contributed by atoms with Gasteiger partial charge in [0.15, 0.2) is 0 Å². The molecule has 0 saturated heterocycles. The molecule has 1 N–H and O–H groups in total. The Kier molecular flexibility index (Phi) is 4.94. The molecule has 0 radical (unpaired) electrons. The summed E-state index contributed by atoms with van der Waals surface area (Å²) in [6.07, 6.45) is 2.90. The van der Waals surface area contributed by atoms with Gasteiger partial charge in [-0.1, -0.05) is 48.5 Å². The van der Waals surface area contributed by atoms with Crippen LogP contribution >= 0.6 is 0 Å². The second-order valence-corrected chi connectivity index (χ2v) is 6.14. The van der Waals surface area contributed by atoms with Crippen molar-refractivity contribution in [3.8, 4) is 0 Å². The number of carbonyl (C=O) groups excluding carboxylic acids is 1. The standard InChI is InChI=1S/C22H20FNO/c1-15-6-5-9-21(23)20(15)12-13-22(25)24-16(2)18-11-10-17-7-3-4-8-19(17)14-18/h3-14,16H,1-2H3,(H,24,25)/b13-12+/t16-/m0/s1. The molecule has 126 valence electrons. The third-order valence-electron chi connectivity index (χ3n) is 4.30. The summed E-state index contributed by atoms with van der Waals surface area (Å²) in [5, 5.41) is 5.23. The summed E-state index contributed by atoms with van der Waals surface area (Å²) in [6, 6.07) is 19.0. The van der Waals surface area contributed by atoms with E-state index >= 15 is 0 Å². The van der Waals surface area contributed by atoms with E-state index in [0.29, 0.717) is 5.56 Å². The summed E-state index contributed by atoms with van der Waals surface area (Å²) in [6.45, 7) is 3.75. The smallest absolute Gasteiger partial charge is 0.244 e. The summed E-state index contributed by atoms with van der Waals surface area (Å²) in [7, 11) is 0. The zero-order valence-electron chi connectivity index (χ0n) is 14.3. The molecule has 0 spiro atoms. The van der Waals surface area contributed by atoms with Crippen molar-refractivity contribution < 1.29 is 9.18 Å². The number of fused-ring (bicyclic) bond motifs is 1. The summed E-state index contributed by atoms with van der Waals surface area (Å²) < 4.78 is 13.8. The summed E-state index contributed by atoms with van der Waals surface area (Å²) in [5.74, 6) is -0.574. The topological polar surface area (TPSA) is 29.1 Å². The van der Waals surface area contributed by atoms with Crippen molar-refractivity contribution in [3.05, 3.63) is 89.2 Å². The van der Waals surface area contributed by atoms with E-state index in [1.165, 1.54) is 23.6 Å². The Bertz CT molecular complexity index is 925. The van der Waals surface area contributed by atoms with Gasteiger partial charge in [-0.05, 0) is 54.0 Å². The summed E-state index contributed by atoms with van der Waals surface area (Å²) >= 11 is 0. The Morgan fingerprint density at radius 1 is 1.04 bits per heavy atom. The van der Waals surface area contributed by atoms with Gasteiger partial charge in [0.2, 0.25) is 5.91 Å². The highest BCUT2D eigenvalue weighted by molar-refractivity contribution is 5.92. The Labute approximate surface area is 147 Å². The van der Waals surface area contributed by atoms with Gasteiger partial charge in [0, 0.05) is 11.6 Å². The van der Waals surface area contributed by atoms with E-state index in [1.54, 1.807) is 6.07 Å². The first-order chi connectivity index (χ1) is 12.0. The highest BCUT2D eigenvalue weighted by Crippen LogP contribution is 2.20. The maximum Gasteiger partial charge on any atom is 0.244 e. The first-order valence-corrected chi connectivity index (χ1v) is 8.27. The fourth-order valence-electron chi connectivity index (χ4n) is 2.84. The lowest BCUT2D eigenvalue weighted by atomic mass is 10.0. The van der Waals surface area contributed by atoms with Crippen molar-refractivity contribution in [3.63, 3.8) is 0 Å². The molecule has 3 aromatic carbocycles. The predicted octanol–water partition coefficient (Wildman–Crippen LogP) is 5.18. The number of halogens is 1. The molecule has 0 fully saturated rings. The van der Waals surface area contributed by atoms with Crippen LogP contribution in [0.15, 0.2) is 66.7 Å². The van der Waals surface area contributed by atoms with Crippen molar-refractivity contribution in [1.29, 1.82) is 0 Å². The van der Waals surface area contributed by atoms with Crippen molar-refractivity contribution in [1.82, 2.24) is 5.32 Å². The van der Waals surface area contributed by atoms with Gasteiger partial charge in [0.05, 0.1) is 6.04 Å². The number of nitrogens with one attached hydrogen (secondary N) is 1. The van der Waals surface area contributed by atoms with Gasteiger partial charge in [-0.3, -0.25) is 4.79 Å². The fourth-order valence-corrected chi connectivity index (χ4v) is 2.84. The zero-order chi connectivity index (χ0) is 17.8. The molecule has 25 heavy (non-hydrogen) atoms. The van der Waals surface area contributed by atoms with E-state index < -0.39 is 0 Å². The number of amides is 1. The van der Waals surface area contributed by atoms with Crippen LogP contribution in [-0.4, -0.2) is 5.91 Å². The molecule has 0 heterocycles. The van der Waals surface area contributed by atoms with Crippen LogP contribution in [0, 0.1) is 12.7 Å². The number of hydrogen-bond acceptors (Lipinski definition) is 1. The molecule has 0 aliphatic rings. The molecule has 0 aromatic heterocycles. The number of carbonyl (C=O) groups is 1. The molecule has 1 amide bonds. The minimum absolute atomic E-state index is 0.136. The largest absolute Gasteiger partial charge is 0.346 e. The van der Waals surface area contributed by atoms with Gasteiger partial charge in [0.1, 0.15) is 5.82 Å². The van der Waals surface area contributed by atoms with E-state index in [0.717, 1.165) is 16.5 Å². The van der Waals surface area contributed by atoms with Gasteiger partial charge >= 0.3 is 0 Å². The molecule has 0 bridgehead atoms. The van der Waals surface area contributed by atoms with Crippen molar-refractivity contribution in [2.75, 3.05) is 0 Å². The van der Waals surface area contributed by atoms with Crippen LogP contribution in [0.3, 0.4) is 0 Å². The average molecular weight is 333 g/mol. The Morgan fingerprint density at radius 2 is 1.80 bits per heavy atom. The molecule has 0 aliphatic carbocycles. The van der Waals surface area contributed by atoms with Crippen LogP contribution in [0.25, 0.3) is 16.8 Å². The number of aryl methyl sites for hydroxylation is 1. The SMILES string of the molecule is Cc1cccc(F)c1/C=C/C(=O)N[C@@H](C)c1ccc2ccccc2c1. The van der Waals surface area contributed by atoms with Crippen molar-refractivity contribution in [2.24, 2.45) is 0 Å². The third kappa shape index (κ3) is 3.94. The van der Waals surface area contributed by atoms with Crippen LogP contribution < -0.4 is 5.32 Å². The molecule has 0 unspecified atom stereocenters. The second-order valence-electron chi connectivity index (χ2n) is 6.14. The first kappa shape index (κ1) is 16.9. The lowest BCUT2D eigenvalue weighted by Gasteiger charge is -2.14. The van der Waals surface area contributed by atoms with Crippen LogP contribution in [0.5, 0.6) is 0 Å². The van der Waals surface area contributed by atoms with E-state index in [1.807, 2.05) is 50.2 Å². The van der Waals surface area contributed by atoms with E-state index in [4.69, 9.17) is 0 Å². The van der Waals surface area contributed by atoms with Gasteiger partial charge in [-0.15, -0.1) is 0 Å². The minimum atomic E-state index is -0.327. The van der Waals surface area contributed by atoms with E-state index in [-0.39, 0.29) is 17.8 Å². The molecule has 0 aliphatic heterocycles. The predicted molar refractivity (Wildman–Crippen MR) is 101 cm³/mol. The van der Waals surface area contributed by atoms with E-state index in [2.05, 4.69) is 17.4 Å². The second kappa shape index (κ2) is 7.31. The van der Waals surface area contributed by atoms with Gasteiger partial charge < -0.3 is 5.32 Å². The van der Waals surface area contributed by atoms with Crippen LogP contribution in [0.1, 0.15) is 29.7 Å². The quantitative estimate of drug-likeness (QED) is 0.655. The van der Waals surface area contributed by atoms with Crippen molar-refractivity contribution >= 4 is 22.8 Å². The lowest BCUT2D eigenvalue weighted by Crippen LogP contribution is -2.24. The Hall–Kier alpha value is -2.94. The van der Waals surface area contributed by atoms with Crippen molar-refractivity contribution in [2.45, 2.75) is 19.9 Å². The number of hydrogen-bond donors (Lipinski definition) is 1. The van der Waals surface area contributed by atoms with Crippen LogP contribution in [0.4, 0.5) is 4.39 Å². The molecular weight excluding hydrogens is 313 g/mol. The van der Waals surface area contributed by atoms with Crippen LogP contribution in [0.2, 0.25) is 0 Å². The number of benzene rings is 3. The highest BCUT2D eigenvalue weighted by atomic mass is 19.1. The monoisotopic (exact) mass is 333 g/mol. The number of rotatable bonds is 4. The molecule has 2 nitrogen and oxygen atoms in total. The molecule has 3 rings (SSSR count). The van der Waals surface area contributed by atoms with Gasteiger partial charge in [-0.2, -0.15) is 0 Å². The van der Waals surface area contributed by atoms with E-state index in [9.17, 15) is 9.18 Å². The molecule has 0 saturated carbocycles. The molecule has 1 atom stereocenters. The van der Waals surface area contributed by atoms with Gasteiger partial charge in [-0.25, -0.2) is 4.39 Å². The van der Waals surface area contributed by atoms with Crippen LogP contribution in [-0.2, 0) is 4.79 Å². The molecular formula is C22H20FNO.